The van der Waals surface area contributed by atoms with Gasteiger partial charge in [0.2, 0.25) is 0 Å². The van der Waals surface area contributed by atoms with E-state index in [-0.39, 0.29) is 0 Å². The van der Waals surface area contributed by atoms with Gasteiger partial charge < -0.3 is 4.74 Å². The highest BCUT2D eigenvalue weighted by Crippen LogP contribution is 2.10. The van der Waals surface area contributed by atoms with Crippen LogP contribution in [0.1, 0.15) is 19.5 Å². The number of hydrogen-bond acceptors (Lipinski definition) is 3. The monoisotopic (exact) mass is 204 g/mol. The molecule has 5 heteroatoms. The lowest BCUT2D eigenvalue weighted by Gasteiger charge is -1.84. The van der Waals surface area contributed by atoms with Gasteiger partial charge in [0.15, 0.2) is 0 Å². The molecular formula is C8H13ClN2O2. The van der Waals surface area contributed by atoms with Crippen molar-refractivity contribution in [2.75, 3.05) is 6.61 Å². The summed E-state index contributed by atoms with van der Waals surface area (Å²) in [5.41, 5.74) is 1.01. The SMILES string of the molecule is CCOC=O.CCc1[nH]ncc1Cl. The average molecular weight is 205 g/mol. The molecule has 1 aromatic rings. The Morgan fingerprint density at radius 3 is 2.54 bits per heavy atom. The number of aromatic nitrogens is 2. The molecule has 0 aromatic carbocycles. The molecule has 0 aliphatic rings. The summed E-state index contributed by atoms with van der Waals surface area (Å²) >= 11 is 5.65. The molecule has 0 aliphatic carbocycles. The van der Waals surface area contributed by atoms with E-state index in [0.717, 1.165) is 17.1 Å². The number of nitrogens with one attached hydrogen (secondary N) is 1. The van der Waals surface area contributed by atoms with Gasteiger partial charge in [0.1, 0.15) is 0 Å². The molecule has 0 fully saturated rings. The number of nitrogens with zero attached hydrogens (tertiary/aromatic N) is 1. The van der Waals surface area contributed by atoms with Crippen LogP contribution in [0, 0.1) is 0 Å². The van der Waals surface area contributed by atoms with Crippen molar-refractivity contribution >= 4 is 18.1 Å². The zero-order chi connectivity index (χ0) is 10.1. The summed E-state index contributed by atoms with van der Waals surface area (Å²) in [4.78, 5) is 9.18. The van der Waals surface area contributed by atoms with E-state index in [1.807, 2.05) is 6.92 Å². The second kappa shape index (κ2) is 7.61. The highest BCUT2D eigenvalue weighted by atomic mass is 35.5. The van der Waals surface area contributed by atoms with Crippen LogP contribution < -0.4 is 0 Å². The van der Waals surface area contributed by atoms with Crippen LogP contribution in [-0.2, 0) is 16.0 Å². The van der Waals surface area contributed by atoms with Gasteiger partial charge in [0.05, 0.1) is 23.5 Å². The maximum absolute atomic E-state index is 9.18. The first kappa shape index (κ1) is 12.0. The zero-order valence-electron chi connectivity index (χ0n) is 7.71. The molecule has 4 nitrogen and oxygen atoms in total. The van der Waals surface area contributed by atoms with E-state index in [1.165, 1.54) is 0 Å². The number of aromatic amines is 1. The number of rotatable bonds is 3. The molecule has 0 radical (unpaired) electrons. The molecule has 0 spiro atoms. The molecule has 1 aromatic heterocycles. The lowest BCUT2D eigenvalue weighted by molar-refractivity contribution is -0.128. The Kier molecular flexibility index (Phi) is 7.01. The van der Waals surface area contributed by atoms with Crippen molar-refractivity contribution in [1.82, 2.24) is 10.2 Å². The summed E-state index contributed by atoms with van der Waals surface area (Å²) in [7, 11) is 0. The zero-order valence-corrected chi connectivity index (χ0v) is 8.47. The third-order valence-electron chi connectivity index (χ3n) is 1.25. The summed E-state index contributed by atoms with van der Waals surface area (Å²) in [6.45, 7) is 4.69. The number of halogens is 1. The standard InChI is InChI=1S/C5H7ClN2.C3H6O2/c1-2-5-4(6)3-7-8-5;1-2-5-3-4/h3H,2H2,1H3,(H,7,8);3H,2H2,1H3. The number of carbonyl (C=O) groups is 1. The van der Waals surface area contributed by atoms with Crippen molar-refractivity contribution in [1.29, 1.82) is 0 Å². The van der Waals surface area contributed by atoms with Gasteiger partial charge in [-0.2, -0.15) is 5.10 Å². The number of ether oxygens (including phenoxy) is 1. The number of hydrogen-bond donors (Lipinski definition) is 1. The predicted molar refractivity (Wildman–Crippen MR) is 50.7 cm³/mol. The second-order valence-electron chi connectivity index (χ2n) is 2.10. The van der Waals surface area contributed by atoms with Crippen LogP contribution in [0.3, 0.4) is 0 Å². The quantitative estimate of drug-likeness (QED) is 0.764. The van der Waals surface area contributed by atoms with E-state index in [0.29, 0.717) is 13.1 Å². The Morgan fingerprint density at radius 2 is 2.38 bits per heavy atom. The van der Waals surface area contributed by atoms with Crippen molar-refractivity contribution < 1.29 is 9.53 Å². The van der Waals surface area contributed by atoms with Gasteiger partial charge in [-0.3, -0.25) is 9.89 Å². The summed E-state index contributed by atoms with van der Waals surface area (Å²) < 4.78 is 4.15. The smallest absolute Gasteiger partial charge is 0.293 e. The maximum Gasteiger partial charge on any atom is 0.293 e. The minimum Gasteiger partial charge on any atom is -0.468 e. The minimum absolute atomic E-state index is 0.431. The molecule has 74 valence electrons. The Bertz CT molecular complexity index is 238. The molecule has 0 saturated carbocycles. The van der Waals surface area contributed by atoms with E-state index < -0.39 is 0 Å². The van der Waals surface area contributed by atoms with Gasteiger partial charge in [0.25, 0.3) is 6.47 Å². The maximum atomic E-state index is 9.18. The van der Waals surface area contributed by atoms with Crippen LogP contribution in [0.4, 0.5) is 0 Å². The fourth-order valence-electron chi connectivity index (χ4n) is 0.614. The lowest BCUT2D eigenvalue weighted by Crippen LogP contribution is -1.80. The van der Waals surface area contributed by atoms with Gasteiger partial charge in [-0.05, 0) is 13.3 Å². The fraction of sp³-hybridized carbons (Fsp3) is 0.500. The van der Waals surface area contributed by atoms with Crippen LogP contribution in [-0.4, -0.2) is 23.3 Å². The van der Waals surface area contributed by atoms with Crippen molar-refractivity contribution in [3.8, 4) is 0 Å². The van der Waals surface area contributed by atoms with Crippen LogP contribution >= 0.6 is 11.6 Å². The third kappa shape index (κ3) is 5.25. The molecule has 0 amide bonds. The molecule has 13 heavy (non-hydrogen) atoms. The molecular weight excluding hydrogens is 192 g/mol. The van der Waals surface area contributed by atoms with Crippen LogP contribution in [0.25, 0.3) is 0 Å². The van der Waals surface area contributed by atoms with E-state index in [1.54, 1.807) is 13.1 Å². The first-order chi connectivity index (χ1) is 6.26. The normalized spacial score (nSPS) is 8.54. The first-order valence-corrected chi connectivity index (χ1v) is 4.37. The van der Waals surface area contributed by atoms with E-state index in [2.05, 4.69) is 14.9 Å². The van der Waals surface area contributed by atoms with Gasteiger partial charge >= 0.3 is 0 Å². The largest absolute Gasteiger partial charge is 0.468 e. The van der Waals surface area contributed by atoms with Crippen LogP contribution in [0.5, 0.6) is 0 Å². The molecule has 1 rings (SSSR count). The summed E-state index contributed by atoms with van der Waals surface area (Å²) in [6, 6.07) is 0. The van der Waals surface area contributed by atoms with Gasteiger partial charge in [0, 0.05) is 0 Å². The van der Waals surface area contributed by atoms with E-state index in [9.17, 15) is 4.79 Å². The Labute approximate surface area is 82.2 Å². The second-order valence-corrected chi connectivity index (χ2v) is 2.51. The average Bonchev–Trinajstić information content (AvgIpc) is 2.53. The van der Waals surface area contributed by atoms with Crippen molar-refractivity contribution in [2.45, 2.75) is 20.3 Å². The fourth-order valence-corrected chi connectivity index (χ4v) is 0.839. The van der Waals surface area contributed by atoms with Crippen molar-refractivity contribution in [2.24, 2.45) is 0 Å². The highest BCUT2D eigenvalue weighted by molar-refractivity contribution is 6.31. The molecule has 0 atom stereocenters. The Hall–Kier alpha value is -1.03. The number of H-pyrrole nitrogens is 1. The highest BCUT2D eigenvalue weighted by Gasteiger charge is 1.95. The van der Waals surface area contributed by atoms with Gasteiger partial charge in [-0.25, -0.2) is 0 Å². The molecule has 1 N–H and O–H groups in total. The molecule has 0 unspecified atom stereocenters. The van der Waals surface area contributed by atoms with Crippen molar-refractivity contribution in [3.63, 3.8) is 0 Å². The van der Waals surface area contributed by atoms with E-state index in [4.69, 9.17) is 11.6 Å². The van der Waals surface area contributed by atoms with Gasteiger partial charge in [-0.15, -0.1) is 0 Å². The molecule has 0 saturated heterocycles. The van der Waals surface area contributed by atoms with Gasteiger partial charge in [-0.1, -0.05) is 18.5 Å². The number of aryl methyl sites for hydroxylation is 1. The molecule has 0 aliphatic heterocycles. The Morgan fingerprint density at radius 1 is 1.69 bits per heavy atom. The predicted octanol–water partition coefficient (Wildman–Crippen LogP) is 1.80. The Balaban J connectivity index is 0.000000252. The summed E-state index contributed by atoms with van der Waals surface area (Å²) in [6.07, 6.45) is 2.53. The summed E-state index contributed by atoms with van der Waals surface area (Å²) in [5.74, 6) is 0. The van der Waals surface area contributed by atoms with Crippen LogP contribution in [0.2, 0.25) is 5.02 Å². The third-order valence-corrected chi connectivity index (χ3v) is 1.58. The number of carbonyl (C=O) groups excluding carboxylic acids is 1. The topological polar surface area (TPSA) is 55.0 Å². The lowest BCUT2D eigenvalue weighted by atomic mass is 10.3. The first-order valence-electron chi connectivity index (χ1n) is 3.99. The summed E-state index contributed by atoms with van der Waals surface area (Å²) in [5, 5.41) is 7.24. The molecule has 0 bridgehead atoms. The van der Waals surface area contributed by atoms with E-state index >= 15 is 0 Å². The van der Waals surface area contributed by atoms with Crippen LogP contribution in [0.15, 0.2) is 6.20 Å². The molecule has 1 heterocycles. The minimum atomic E-state index is 0.431. The van der Waals surface area contributed by atoms with Crippen molar-refractivity contribution in [3.05, 3.63) is 16.9 Å².